The van der Waals surface area contributed by atoms with Gasteiger partial charge in [-0.3, -0.25) is 9.48 Å². The molecule has 6 heteroatoms. The summed E-state index contributed by atoms with van der Waals surface area (Å²) in [6.07, 6.45) is 3.53. The van der Waals surface area contributed by atoms with Gasteiger partial charge in [-0.2, -0.15) is 5.10 Å². The van der Waals surface area contributed by atoms with E-state index in [0.29, 0.717) is 11.6 Å². The van der Waals surface area contributed by atoms with Gasteiger partial charge in [-0.25, -0.2) is 0 Å². The van der Waals surface area contributed by atoms with Gasteiger partial charge < -0.3 is 10.6 Å². The van der Waals surface area contributed by atoms with Gasteiger partial charge >= 0.3 is 0 Å². The van der Waals surface area contributed by atoms with Crippen LogP contribution in [-0.4, -0.2) is 29.3 Å². The SMILES string of the molecule is CNC(C(=O)NCC(C)(C)c1ccccc1Cl)c1cnn(C)c1. The molecule has 124 valence electrons. The molecule has 1 heterocycles. The van der Waals surface area contributed by atoms with Gasteiger partial charge in [0, 0.05) is 35.8 Å². The van der Waals surface area contributed by atoms with Crippen molar-refractivity contribution in [1.82, 2.24) is 20.4 Å². The van der Waals surface area contributed by atoms with Crippen LogP contribution in [0, 0.1) is 0 Å². The number of carbonyl (C=O) groups is 1. The lowest BCUT2D eigenvalue weighted by Gasteiger charge is -2.27. The minimum atomic E-state index is -0.425. The summed E-state index contributed by atoms with van der Waals surface area (Å²) in [5, 5.41) is 10.9. The Kier molecular flexibility index (Phi) is 5.44. The summed E-state index contributed by atoms with van der Waals surface area (Å²) >= 11 is 6.28. The van der Waals surface area contributed by atoms with Crippen LogP contribution in [0.3, 0.4) is 0 Å². The van der Waals surface area contributed by atoms with Gasteiger partial charge in [-0.05, 0) is 18.7 Å². The van der Waals surface area contributed by atoms with Crippen LogP contribution < -0.4 is 10.6 Å². The lowest BCUT2D eigenvalue weighted by atomic mass is 9.84. The molecule has 0 saturated heterocycles. The number of benzene rings is 1. The molecule has 2 rings (SSSR count). The lowest BCUT2D eigenvalue weighted by molar-refractivity contribution is -0.123. The zero-order chi connectivity index (χ0) is 17.0. The van der Waals surface area contributed by atoms with Gasteiger partial charge in [0.15, 0.2) is 0 Å². The summed E-state index contributed by atoms with van der Waals surface area (Å²) in [5.41, 5.74) is 1.59. The summed E-state index contributed by atoms with van der Waals surface area (Å²) in [4.78, 5) is 12.5. The molecule has 2 aromatic rings. The highest BCUT2D eigenvalue weighted by Crippen LogP contribution is 2.29. The summed E-state index contributed by atoms with van der Waals surface area (Å²) in [5.74, 6) is -0.0828. The third-order valence-electron chi connectivity index (χ3n) is 3.92. The van der Waals surface area contributed by atoms with E-state index < -0.39 is 6.04 Å². The summed E-state index contributed by atoms with van der Waals surface area (Å²) in [6.45, 7) is 4.62. The maximum Gasteiger partial charge on any atom is 0.241 e. The second-order valence-electron chi connectivity index (χ2n) is 6.25. The number of carbonyl (C=O) groups excluding carboxylic acids is 1. The molecule has 0 spiro atoms. The number of rotatable bonds is 6. The van der Waals surface area contributed by atoms with Gasteiger partial charge in [0.2, 0.25) is 5.91 Å². The van der Waals surface area contributed by atoms with Crippen LogP contribution in [0.4, 0.5) is 0 Å². The highest BCUT2D eigenvalue weighted by atomic mass is 35.5. The van der Waals surface area contributed by atoms with Crippen LogP contribution in [0.25, 0.3) is 0 Å². The van der Waals surface area contributed by atoms with Crippen LogP contribution in [-0.2, 0) is 17.3 Å². The zero-order valence-electron chi connectivity index (χ0n) is 13.9. The predicted molar refractivity (Wildman–Crippen MR) is 92.5 cm³/mol. The topological polar surface area (TPSA) is 59.0 Å². The zero-order valence-corrected chi connectivity index (χ0v) is 14.7. The number of aromatic nitrogens is 2. The lowest BCUT2D eigenvalue weighted by Crippen LogP contribution is -2.42. The fraction of sp³-hybridized carbons (Fsp3) is 0.412. The molecule has 1 amide bonds. The van der Waals surface area contributed by atoms with Crippen molar-refractivity contribution in [3.63, 3.8) is 0 Å². The largest absolute Gasteiger partial charge is 0.354 e. The van der Waals surface area contributed by atoms with Gasteiger partial charge in [-0.1, -0.05) is 43.6 Å². The molecule has 0 aliphatic heterocycles. The molecular formula is C17H23ClN4O. The number of hydrogen-bond acceptors (Lipinski definition) is 3. The summed E-state index contributed by atoms with van der Waals surface area (Å²) in [7, 11) is 3.59. The van der Waals surface area contributed by atoms with Crippen molar-refractivity contribution in [1.29, 1.82) is 0 Å². The monoisotopic (exact) mass is 334 g/mol. The standard InChI is InChI=1S/C17H23ClN4O/c1-17(2,13-7-5-6-8-14(13)18)11-20-16(23)15(19-3)12-9-21-22(4)10-12/h5-10,15,19H,11H2,1-4H3,(H,20,23). The van der Waals surface area contributed by atoms with E-state index in [1.54, 1.807) is 17.9 Å². The molecule has 1 unspecified atom stereocenters. The van der Waals surface area contributed by atoms with Crippen LogP contribution in [0.5, 0.6) is 0 Å². The first-order valence-electron chi connectivity index (χ1n) is 7.53. The van der Waals surface area contributed by atoms with Crippen molar-refractivity contribution < 1.29 is 4.79 Å². The summed E-state index contributed by atoms with van der Waals surface area (Å²) < 4.78 is 1.68. The van der Waals surface area contributed by atoms with Crippen LogP contribution >= 0.6 is 11.6 Å². The van der Waals surface area contributed by atoms with Gasteiger partial charge in [0.1, 0.15) is 6.04 Å². The number of aryl methyl sites for hydroxylation is 1. The van der Waals surface area contributed by atoms with E-state index in [2.05, 4.69) is 29.6 Å². The van der Waals surface area contributed by atoms with Crippen molar-refractivity contribution in [3.05, 3.63) is 52.8 Å². The third kappa shape index (κ3) is 4.12. The molecule has 0 bridgehead atoms. The second-order valence-corrected chi connectivity index (χ2v) is 6.66. The molecule has 0 fully saturated rings. The van der Waals surface area contributed by atoms with Crippen molar-refractivity contribution >= 4 is 17.5 Å². The smallest absolute Gasteiger partial charge is 0.241 e. The quantitative estimate of drug-likeness (QED) is 0.853. The summed E-state index contributed by atoms with van der Waals surface area (Å²) in [6, 6.07) is 7.29. The Morgan fingerprint density at radius 1 is 1.39 bits per heavy atom. The molecule has 2 N–H and O–H groups in total. The van der Waals surface area contributed by atoms with E-state index in [1.807, 2.05) is 37.5 Å². The molecule has 1 aromatic heterocycles. The van der Waals surface area contributed by atoms with Crippen molar-refractivity contribution in [2.24, 2.45) is 7.05 Å². The fourth-order valence-corrected chi connectivity index (χ4v) is 2.95. The van der Waals surface area contributed by atoms with Crippen LogP contribution in [0.15, 0.2) is 36.7 Å². The number of likely N-dealkylation sites (N-methyl/N-ethyl adjacent to an activating group) is 1. The highest BCUT2D eigenvalue weighted by molar-refractivity contribution is 6.31. The van der Waals surface area contributed by atoms with Crippen molar-refractivity contribution in [2.45, 2.75) is 25.3 Å². The maximum absolute atomic E-state index is 12.5. The molecule has 0 saturated carbocycles. The first-order valence-corrected chi connectivity index (χ1v) is 7.91. The van der Waals surface area contributed by atoms with Crippen LogP contribution in [0.2, 0.25) is 5.02 Å². The third-order valence-corrected chi connectivity index (χ3v) is 4.25. The number of hydrogen-bond donors (Lipinski definition) is 2. The van der Waals surface area contributed by atoms with E-state index in [9.17, 15) is 4.79 Å². The highest BCUT2D eigenvalue weighted by Gasteiger charge is 2.26. The average Bonchev–Trinajstić information content (AvgIpc) is 2.92. The molecule has 0 aliphatic rings. The number of nitrogens with one attached hydrogen (secondary N) is 2. The predicted octanol–water partition coefficient (Wildman–Crippen LogP) is 2.43. The Morgan fingerprint density at radius 2 is 2.09 bits per heavy atom. The van der Waals surface area contributed by atoms with Crippen molar-refractivity contribution in [2.75, 3.05) is 13.6 Å². The average molecular weight is 335 g/mol. The molecule has 23 heavy (non-hydrogen) atoms. The Bertz CT molecular complexity index is 681. The molecule has 0 radical (unpaired) electrons. The number of amides is 1. The van der Waals surface area contributed by atoms with Crippen LogP contribution in [0.1, 0.15) is 31.0 Å². The molecule has 0 aliphatic carbocycles. The Labute approximate surface area is 142 Å². The van der Waals surface area contributed by atoms with E-state index in [1.165, 1.54) is 0 Å². The van der Waals surface area contributed by atoms with E-state index in [4.69, 9.17) is 11.6 Å². The van der Waals surface area contributed by atoms with Crippen molar-refractivity contribution in [3.8, 4) is 0 Å². The van der Waals surface area contributed by atoms with Gasteiger partial charge in [0.25, 0.3) is 0 Å². The Hall–Kier alpha value is -1.85. The molecular weight excluding hydrogens is 312 g/mol. The second kappa shape index (κ2) is 7.15. The number of nitrogens with zero attached hydrogens (tertiary/aromatic N) is 2. The van der Waals surface area contributed by atoms with E-state index in [-0.39, 0.29) is 11.3 Å². The number of halogens is 1. The minimum absolute atomic E-state index is 0.0828. The molecule has 1 atom stereocenters. The van der Waals surface area contributed by atoms with E-state index >= 15 is 0 Å². The Morgan fingerprint density at radius 3 is 2.65 bits per heavy atom. The maximum atomic E-state index is 12.5. The Balaban J connectivity index is 2.07. The normalized spacial score (nSPS) is 12.9. The van der Waals surface area contributed by atoms with Gasteiger partial charge in [0.05, 0.1) is 6.20 Å². The van der Waals surface area contributed by atoms with E-state index in [0.717, 1.165) is 11.1 Å². The first-order chi connectivity index (χ1) is 10.8. The first kappa shape index (κ1) is 17.5. The molecule has 1 aromatic carbocycles. The fourth-order valence-electron chi connectivity index (χ4n) is 2.55. The van der Waals surface area contributed by atoms with Gasteiger partial charge in [-0.15, -0.1) is 0 Å². The molecule has 5 nitrogen and oxygen atoms in total. The minimum Gasteiger partial charge on any atom is -0.354 e.